The average Bonchev–Trinajstić information content (AvgIpc) is 3.57. The Bertz CT molecular complexity index is 1550. The topological polar surface area (TPSA) is 91.8 Å². The molecule has 1 aliphatic heterocycles. The number of rotatable bonds is 7. The van der Waals surface area contributed by atoms with Gasteiger partial charge in [0.05, 0.1) is 6.26 Å². The molecule has 1 aliphatic carbocycles. The van der Waals surface area contributed by atoms with Crippen molar-refractivity contribution in [1.29, 1.82) is 0 Å². The first-order valence-electron chi connectivity index (χ1n) is 14.1. The molecule has 2 amide bonds. The van der Waals surface area contributed by atoms with E-state index in [0.29, 0.717) is 25.4 Å². The maximum Gasteiger partial charge on any atom is 0.289 e. The quantitative estimate of drug-likeness (QED) is 0.327. The van der Waals surface area contributed by atoms with Crippen LogP contribution in [0.3, 0.4) is 0 Å². The number of carbonyl (C=O) groups is 2. The highest BCUT2D eigenvalue weighted by Crippen LogP contribution is 2.30. The summed E-state index contributed by atoms with van der Waals surface area (Å²) >= 11 is 0. The van der Waals surface area contributed by atoms with Gasteiger partial charge in [0, 0.05) is 50.5 Å². The van der Waals surface area contributed by atoms with Gasteiger partial charge in [-0.2, -0.15) is 0 Å². The molecular weight excluding hydrogens is 512 g/mol. The van der Waals surface area contributed by atoms with Crippen LogP contribution in [-0.4, -0.2) is 47.8 Å². The van der Waals surface area contributed by atoms with E-state index < -0.39 is 0 Å². The Morgan fingerprint density at radius 1 is 0.829 bits per heavy atom. The highest BCUT2D eigenvalue weighted by atomic mass is 16.3. The van der Waals surface area contributed by atoms with Crippen LogP contribution in [-0.2, 0) is 24.3 Å². The van der Waals surface area contributed by atoms with E-state index in [1.807, 2.05) is 23.1 Å². The van der Waals surface area contributed by atoms with E-state index in [-0.39, 0.29) is 11.8 Å². The molecule has 3 aromatic carbocycles. The van der Waals surface area contributed by atoms with Gasteiger partial charge in [-0.1, -0.05) is 48.5 Å². The fourth-order valence-corrected chi connectivity index (χ4v) is 5.51. The lowest BCUT2D eigenvalue weighted by Gasteiger charge is -2.34. The minimum atomic E-state index is -0.0570. The van der Waals surface area contributed by atoms with Crippen molar-refractivity contribution in [3.05, 3.63) is 119 Å². The molecule has 208 valence electrons. The minimum absolute atomic E-state index is 0.0515. The molecule has 0 bridgehead atoms. The van der Waals surface area contributed by atoms with E-state index in [1.54, 1.807) is 12.1 Å². The molecule has 41 heavy (non-hydrogen) atoms. The Labute approximate surface area is 240 Å². The van der Waals surface area contributed by atoms with Crippen LogP contribution in [0, 0.1) is 0 Å². The number of amides is 2. The third kappa shape index (κ3) is 6.16. The highest BCUT2D eigenvalue weighted by molar-refractivity contribution is 6.07. The first kappa shape index (κ1) is 26.7. The summed E-state index contributed by atoms with van der Waals surface area (Å²) in [6.07, 6.45) is 5.12. The molecule has 0 unspecified atom stereocenters. The number of nitrogens with one attached hydrogen (secondary N) is 1. The van der Waals surface area contributed by atoms with E-state index in [1.165, 1.54) is 17.4 Å². The van der Waals surface area contributed by atoms with Crippen molar-refractivity contribution in [2.24, 2.45) is 5.73 Å². The molecule has 7 nitrogen and oxygen atoms in total. The Morgan fingerprint density at radius 2 is 1.56 bits per heavy atom. The highest BCUT2D eigenvalue weighted by Gasteiger charge is 2.24. The molecule has 1 saturated heterocycles. The Hall–Kier alpha value is -4.46. The van der Waals surface area contributed by atoms with Crippen LogP contribution in [0.5, 0.6) is 0 Å². The molecule has 7 heteroatoms. The Balaban J connectivity index is 1.04. The number of carbonyl (C=O) groups excluding carboxylic acids is 2. The number of aryl methyl sites for hydroxylation is 1. The number of benzene rings is 3. The number of fused-ring (bicyclic) bond motifs is 1. The predicted molar refractivity (Wildman–Crippen MR) is 161 cm³/mol. The second-order valence-electron chi connectivity index (χ2n) is 10.7. The van der Waals surface area contributed by atoms with E-state index in [2.05, 4.69) is 64.8 Å². The molecule has 3 N–H and O–H groups in total. The standard InChI is InChI=1S/C34H34N4O3/c35-22-24-3-7-26(8-4-24)28-11-9-27-10-12-29(21-30(27)20-28)33(39)36-31-13-5-25(6-14-31)23-37-15-17-38(18-16-37)34(40)32-2-1-19-41-32/h1-9,11,13-14,19-21H,10,12,15-18,22-23,35H2,(H,36,39). The van der Waals surface area contributed by atoms with Crippen LogP contribution in [0.2, 0.25) is 0 Å². The Kier molecular flexibility index (Phi) is 7.80. The number of nitrogens with zero attached hydrogens (tertiary/aromatic N) is 2. The molecule has 0 saturated carbocycles. The third-order valence-corrected chi connectivity index (χ3v) is 7.96. The van der Waals surface area contributed by atoms with Crippen molar-refractivity contribution in [1.82, 2.24) is 9.80 Å². The first-order valence-corrected chi connectivity index (χ1v) is 14.1. The summed E-state index contributed by atoms with van der Waals surface area (Å²) < 4.78 is 5.25. The molecule has 1 fully saturated rings. The maximum atomic E-state index is 13.1. The molecule has 0 radical (unpaired) electrons. The molecule has 2 aliphatic rings. The van der Waals surface area contributed by atoms with Gasteiger partial charge in [0.1, 0.15) is 0 Å². The van der Waals surface area contributed by atoms with Crippen LogP contribution >= 0.6 is 0 Å². The number of piperazine rings is 1. The second-order valence-corrected chi connectivity index (χ2v) is 10.7. The number of hydrogen-bond donors (Lipinski definition) is 2. The monoisotopic (exact) mass is 546 g/mol. The van der Waals surface area contributed by atoms with E-state index in [4.69, 9.17) is 10.2 Å². The van der Waals surface area contributed by atoms with E-state index in [9.17, 15) is 9.59 Å². The van der Waals surface area contributed by atoms with Crippen molar-refractivity contribution in [3.63, 3.8) is 0 Å². The minimum Gasteiger partial charge on any atom is -0.459 e. The van der Waals surface area contributed by atoms with Crippen LogP contribution in [0.15, 0.2) is 95.1 Å². The second kappa shape index (κ2) is 12.0. The Morgan fingerprint density at radius 3 is 2.27 bits per heavy atom. The smallest absolute Gasteiger partial charge is 0.289 e. The zero-order valence-corrected chi connectivity index (χ0v) is 23.0. The van der Waals surface area contributed by atoms with Gasteiger partial charge in [-0.15, -0.1) is 0 Å². The summed E-state index contributed by atoms with van der Waals surface area (Å²) in [4.78, 5) is 29.8. The summed E-state index contributed by atoms with van der Waals surface area (Å²) in [7, 11) is 0. The van der Waals surface area contributed by atoms with Crippen molar-refractivity contribution in [2.75, 3.05) is 31.5 Å². The van der Waals surface area contributed by atoms with Crippen LogP contribution in [0.25, 0.3) is 17.2 Å². The summed E-state index contributed by atoms with van der Waals surface area (Å²) in [5.74, 6) is 0.283. The summed E-state index contributed by atoms with van der Waals surface area (Å²) in [5.41, 5.74) is 14.2. The fraction of sp³-hybridized carbons (Fsp3) is 0.235. The summed E-state index contributed by atoms with van der Waals surface area (Å²) in [6.45, 7) is 4.29. The predicted octanol–water partition coefficient (Wildman–Crippen LogP) is 5.33. The van der Waals surface area contributed by atoms with Gasteiger partial charge in [-0.3, -0.25) is 14.5 Å². The molecule has 0 atom stereocenters. The summed E-state index contributed by atoms with van der Waals surface area (Å²) in [6, 6.07) is 26.3. The van der Waals surface area contributed by atoms with Crippen molar-refractivity contribution < 1.29 is 14.0 Å². The lowest BCUT2D eigenvalue weighted by Crippen LogP contribution is -2.48. The average molecular weight is 547 g/mol. The lowest BCUT2D eigenvalue weighted by molar-refractivity contribution is -0.112. The van der Waals surface area contributed by atoms with Crippen LogP contribution in [0.1, 0.15) is 39.2 Å². The molecule has 0 spiro atoms. The zero-order chi connectivity index (χ0) is 28.2. The van der Waals surface area contributed by atoms with Gasteiger partial charge in [0.25, 0.3) is 11.8 Å². The van der Waals surface area contributed by atoms with Gasteiger partial charge < -0.3 is 20.4 Å². The molecule has 2 heterocycles. The van der Waals surface area contributed by atoms with Crippen molar-refractivity contribution in [3.8, 4) is 11.1 Å². The van der Waals surface area contributed by atoms with Gasteiger partial charge in [-0.25, -0.2) is 0 Å². The fourth-order valence-electron chi connectivity index (χ4n) is 5.51. The third-order valence-electron chi connectivity index (χ3n) is 7.96. The maximum absolute atomic E-state index is 13.1. The van der Waals surface area contributed by atoms with Gasteiger partial charge in [-0.05, 0) is 82.6 Å². The van der Waals surface area contributed by atoms with Gasteiger partial charge >= 0.3 is 0 Å². The van der Waals surface area contributed by atoms with Crippen LogP contribution < -0.4 is 11.1 Å². The SMILES string of the molecule is NCc1ccc(-c2ccc3c(c2)C=C(C(=O)Nc2ccc(CN4CCN(C(=O)c5ccco5)CC4)cc2)CC3)cc1. The largest absolute Gasteiger partial charge is 0.459 e. The summed E-state index contributed by atoms with van der Waals surface area (Å²) in [5, 5.41) is 3.08. The molecule has 4 aromatic rings. The number of furan rings is 1. The number of nitrogens with two attached hydrogens (primary N) is 1. The van der Waals surface area contributed by atoms with Gasteiger partial charge in [0.15, 0.2) is 5.76 Å². The number of hydrogen-bond acceptors (Lipinski definition) is 5. The van der Waals surface area contributed by atoms with Crippen LogP contribution in [0.4, 0.5) is 5.69 Å². The number of anilines is 1. The molecule has 6 rings (SSSR count). The zero-order valence-electron chi connectivity index (χ0n) is 23.0. The van der Waals surface area contributed by atoms with Crippen molar-refractivity contribution in [2.45, 2.75) is 25.9 Å². The molecule has 1 aromatic heterocycles. The normalized spacial score (nSPS) is 15.2. The molecular formula is C34H34N4O3. The lowest BCUT2D eigenvalue weighted by atomic mass is 9.89. The van der Waals surface area contributed by atoms with Gasteiger partial charge in [0.2, 0.25) is 0 Å². The van der Waals surface area contributed by atoms with Crippen molar-refractivity contribution >= 4 is 23.6 Å². The van der Waals surface area contributed by atoms with E-state index >= 15 is 0 Å². The van der Waals surface area contributed by atoms with E-state index in [0.717, 1.165) is 66.0 Å². The first-order chi connectivity index (χ1) is 20.1.